The molecule has 0 aromatic heterocycles. The summed E-state index contributed by atoms with van der Waals surface area (Å²) in [6, 6.07) is 24.0. The Kier molecular flexibility index (Phi) is 7.00. The summed E-state index contributed by atoms with van der Waals surface area (Å²) >= 11 is 0. The molecule has 1 heterocycles. The second-order valence-corrected chi connectivity index (χ2v) is 9.17. The lowest BCUT2D eigenvalue weighted by Crippen LogP contribution is -2.54. The van der Waals surface area contributed by atoms with Crippen LogP contribution in [0.2, 0.25) is 0 Å². The first-order chi connectivity index (χ1) is 18.9. The predicted molar refractivity (Wildman–Crippen MR) is 147 cm³/mol. The lowest BCUT2D eigenvalue weighted by molar-refractivity contribution is -0.145. The summed E-state index contributed by atoms with van der Waals surface area (Å²) in [5.41, 5.74) is 1.59. The summed E-state index contributed by atoms with van der Waals surface area (Å²) in [6.45, 7) is 1.95. The molecule has 196 valence electrons. The average Bonchev–Trinajstić information content (AvgIpc) is 2.98. The number of fused-ring (bicyclic) bond motifs is 2. The number of ether oxygens (including phenoxy) is 3. The molecule has 0 saturated carbocycles. The van der Waals surface area contributed by atoms with Gasteiger partial charge in [-0.15, -0.1) is 0 Å². The number of nitrogens with zero attached hydrogens (tertiary/aromatic N) is 1. The van der Waals surface area contributed by atoms with E-state index in [0.717, 1.165) is 11.1 Å². The average molecular weight is 522 g/mol. The number of esters is 2. The fraction of sp³-hybridized carbons (Fsp3) is 0.156. The molecule has 39 heavy (non-hydrogen) atoms. The minimum absolute atomic E-state index is 0.0454. The Morgan fingerprint density at radius 2 is 1.56 bits per heavy atom. The third-order valence-corrected chi connectivity index (χ3v) is 6.81. The van der Waals surface area contributed by atoms with Gasteiger partial charge in [-0.25, -0.2) is 9.59 Å². The van der Waals surface area contributed by atoms with E-state index in [1.54, 1.807) is 35.2 Å². The molecule has 1 aliphatic heterocycles. The quantitative estimate of drug-likeness (QED) is 0.431. The Bertz CT molecular complexity index is 1520. The Morgan fingerprint density at radius 3 is 2.26 bits per heavy atom. The van der Waals surface area contributed by atoms with Gasteiger partial charge in [0, 0.05) is 16.8 Å². The molecular formula is C32H27NO6. The summed E-state index contributed by atoms with van der Waals surface area (Å²) in [5.74, 6) is -1.77. The first-order valence-corrected chi connectivity index (χ1v) is 12.4. The van der Waals surface area contributed by atoms with Gasteiger partial charge in [-0.3, -0.25) is 4.79 Å². The van der Waals surface area contributed by atoms with Crippen molar-refractivity contribution in [1.29, 1.82) is 0 Å². The second-order valence-electron chi connectivity index (χ2n) is 9.17. The number of carbonyl (C=O) groups is 3. The minimum Gasteiger partial charge on any atom is -0.465 e. The number of methoxy groups -OCH3 is 2. The molecule has 0 fully saturated rings. The molecule has 0 N–H and O–H groups in total. The van der Waals surface area contributed by atoms with Gasteiger partial charge in [-0.05, 0) is 42.8 Å². The van der Waals surface area contributed by atoms with E-state index in [9.17, 15) is 14.4 Å². The first-order valence-electron chi connectivity index (χ1n) is 12.4. The van der Waals surface area contributed by atoms with Gasteiger partial charge >= 0.3 is 11.9 Å². The van der Waals surface area contributed by atoms with Crippen LogP contribution in [-0.4, -0.2) is 38.2 Å². The Morgan fingerprint density at radius 1 is 0.897 bits per heavy atom. The Labute approximate surface area is 226 Å². The third kappa shape index (κ3) is 4.57. The number of rotatable bonds is 5. The van der Waals surface area contributed by atoms with Crippen molar-refractivity contribution in [2.75, 3.05) is 19.1 Å². The highest BCUT2D eigenvalue weighted by molar-refractivity contribution is 6.11. The summed E-state index contributed by atoms with van der Waals surface area (Å²) in [4.78, 5) is 41.6. The highest BCUT2D eigenvalue weighted by atomic mass is 16.6. The molecule has 7 heteroatoms. The summed E-state index contributed by atoms with van der Waals surface area (Å²) in [7, 11) is 2.49. The van der Waals surface area contributed by atoms with Crippen molar-refractivity contribution in [2.45, 2.75) is 18.8 Å². The highest BCUT2D eigenvalue weighted by Crippen LogP contribution is 2.48. The van der Waals surface area contributed by atoms with Crippen LogP contribution >= 0.6 is 0 Å². The molecule has 7 nitrogen and oxygen atoms in total. The zero-order valence-corrected chi connectivity index (χ0v) is 21.8. The molecule has 0 bridgehead atoms. The number of hydrogen-bond acceptors (Lipinski definition) is 7. The fourth-order valence-corrected chi connectivity index (χ4v) is 4.95. The largest absolute Gasteiger partial charge is 0.465 e. The number of hydrogen-bond donors (Lipinski definition) is 0. The molecule has 2 atom stereocenters. The van der Waals surface area contributed by atoms with E-state index in [2.05, 4.69) is 0 Å². The van der Waals surface area contributed by atoms with E-state index in [1.165, 1.54) is 26.4 Å². The van der Waals surface area contributed by atoms with E-state index < -0.39 is 23.8 Å². The number of benzene rings is 3. The molecule has 1 spiro atoms. The zero-order valence-electron chi connectivity index (χ0n) is 21.8. The molecular weight excluding hydrogens is 494 g/mol. The summed E-state index contributed by atoms with van der Waals surface area (Å²) < 4.78 is 17.2. The minimum atomic E-state index is -1.60. The fourth-order valence-electron chi connectivity index (χ4n) is 4.95. The Hall–Kier alpha value is -4.75. The van der Waals surface area contributed by atoms with Crippen LogP contribution < -0.4 is 4.90 Å². The summed E-state index contributed by atoms with van der Waals surface area (Å²) in [6.07, 6.45) is 5.67. The van der Waals surface area contributed by atoms with E-state index >= 15 is 0 Å². The van der Waals surface area contributed by atoms with Crippen molar-refractivity contribution in [1.82, 2.24) is 0 Å². The number of anilines is 1. The maximum atomic E-state index is 13.6. The zero-order chi connectivity index (χ0) is 27.6. The molecule has 0 radical (unpaired) electrons. The molecule has 1 aliphatic carbocycles. The number of allylic oxidation sites excluding steroid dienone is 1. The SMILES string of the molecule is COC(=O)C1=C(C(=O)OC)[C@]2(C=CC(=O)c3ccccc32)OC(/C=C/c2ccccc2)N1c1ccc(C)cc1. The number of ketones is 1. The number of aryl methyl sites for hydroxylation is 1. The van der Waals surface area contributed by atoms with Crippen molar-refractivity contribution >= 4 is 29.5 Å². The maximum absolute atomic E-state index is 13.6. The molecule has 0 amide bonds. The van der Waals surface area contributed by atoms with Crippen molar-refractivity contribution in [3.63, 3.8) is 0 Å². The van der Waals surface area contributed by atoms with Crippen LogP contribution in [0.1, 0.15) is 27.0 Å². The van der Waals surface area contributed by atoms with Gasteiger partial charge in [0.2, 0.25) is 0 Å². The van der Waals surface area contributed by atoms with Crippen LogP contribution in [0.25, 0.3) is 6.08 Å². The smallest absolute Gasteiger partial charge is 0.355 e. The topological polar surface area (TPSA) is 82.1 Å². The lowest BCUT2D eigenvalue weighted by atomic mass is 9.76. The molecule has 2 aliphatic rings. The Balaban J connectivity index is 1.84. The normalized spacial score (nSPS) is 20.3. The van der Waals surface area contributed by atoms with Gasteiger partial charge < -0.3 is 19.1 Å². The van der Waals surface area contributed by atoms with Gasteiger partial charge in [-0.1, -0.05) is 78.4 Å². The molecule has 5 rings (SSSR count). The lowest BCUT2D eigenvalue weighted by Gasteiger charge is -2.47. The monoisotopic (exact) mass is 521 g/mol. The van der Waals surface area contributed by atoms with Crippen molar-refractivity contribution in [2.24, 2.45) is 0 Å². The van der Waals surface area contributed by atoms with E-state index in [4.69, 9.17) is 14.2 Å². The van der Waals surface area contributed by atoms with E-state index in [1.807, 2.05) is 67.6 Å². The predicted octanol–water partition coefficient (Wildman–Crippen LogP) is 5.12. The van der Waals surface area contributed by atoms with Gasteiger partial charge in [0.1, 0.15) is 16.9 Å². The van der Waals surface area contributed by atoms with Crippen LogP contribution in [0.15, 0.2) is 108 Å². The van der Waals surface area contributed by atoms with Crippen molar-refractivity contribution < 1.29 is 28.6 Å². The maximum Gasteiger partial charge on any atom is 0.355 e. The van der Waals surface area contributed by atoms with Gasteiger partial charge in [0.05, 0.1) is 14.2 Å². The second kappa shape index (κ2) is 10.6. The van der Waals surface area contributed by atoms with Gasteiger partial charge in [0.15, 0.2) is 12.0 Å². The number of carbonyl (C=O) groups excluding carboxylic acids is 3. The van der Waals surface area contributed by atoms with Crippen molar-refractivity contribution in [3.05, 3.63) is 131 Å². The summed E-state index contributed by atoms with van der Waals surface area (Å²) in [5, 5.41) is 0. The first kappa shape index (κ1) is 25.9. The van der Waals surface area contributed by atoms with Crippen LogP contribution in [0.4, 0.5) is 5.69 Å². The highest BCUT2D eigenvalue weighted by Gasteiger charge is 2.53. The van der Waals surface area contributed by atoms with Crippen LogP contribution in [-0.2, 0) is 29.4 Å². The van der Waals surface area contributed by atoms with Crippen LogP contribution in [0, 0.1) is 6.92 Å². The van der Waals surface area contributed by atoms with Gasteiger partial charge in [-0.2, -0.15) is 0 Å². The van der Waals surface area contributed by atoms with E-state index in [0.29, 0.717) is 16.8 Å². The molecule has 1 unspecified atom stereocenters. The van der Waals surface area contributed by atoms with Gasteiger partial charge in [0.25, 0.3) is 0 Å². The molecule has 3 aromatic rings. The molecule has 0 saturated heterocycles. The van der Waals surface area contributed by atoms with Crippen LogP contribution in [0.5, 0.6) is 0 Å². The van der Waals surface area contributed by atoms with Crippen LogP contribution in [0.3, 0.4) is 0 Å². The van der Waals surface area contributed by atoms with Crippen molar-refractivity contribution in [3.8, 4) is 0 Å². The molecule has 3 aromatic carbocycles. The van der Waals surface area contributed by atoms with E-state index in [-0.39, 0.29) is 17.1 Å². The third-order valence-electron chi connectivity index (χ3n) is 6.81. The standard InChI is InChI=1S/C32H27NO6/c1-21-13-16-23(17-14-21)33-27(18-15-22-9-5-4-6-10-22)39-32(28(30(35)37-2)29(33)31(36)38-3)20-19-26(34)24-11-7-8-12-25(24)32/h4-20,27H,1-3H3/b18-15+/t27?,32-/m1/s1.